The summed E-state index contributed by atoms with van der Waals surface area (Å²) in [6.07, 6.45) is 32.9. The molecule has 6 atom stereocenters. The number of ether oxygens (including phenoxy) is 3. The van der Waals surface area contributed by atoms with Crippen molar-refractivity contribution in [3.8, 4) is 0 Å². The Labute approximate surface area is 402 Å². The fraction of sp³-hybridized carbons (Fsp3) is 0.942. The lowest BCUT2D eigenvalue weighted by Crippen LogP contribution is -2.66. The highest BCUT2D eigenvalue weighted by molar-refractivity contribution is 7.80. The predicted octanol–water partition coefficient (Wildman–Crippen LogP) is 12.5. The van der Waals surface area contributed by atoms with E-state index < -0.39 is 65.6 Å². The molecule has 390 valence electrons. The highest BCUT2D eigenvalue weighted by Crippen LogP contribution is 2.28. The second-order valence-corrected chi connectivity index (χ2v) is 20.3. The summed E-state index contributed by atoms with van der Waals surface area (Å²) in [5.41, 5.74) is 0. The Balaban J connectivity index is 2.82. The highest BCUT2D eigenvalue weighted by Gasteiger charge is 2.50. The Morgan fingerprint density at radius 1 is 0.545 bits per heavy atom. The number of hydrogen-bond acceptors (Lipinski definition) is 11. The lowest BCUT2D eigenvalue weighted by Gasteiger charge is -2.43. The Kier molecular flexibility index (Phi) is 39.6. The van der Waals surface area contributed by atoms with Gasteiger partial charge in [-0.3, -0.25) is 18.9 Å². The van der Waals surface area contributed by atoms with Crippen LogP contribution >= 0.6 is 0 Å². The van der Waals surface area contributed by atoms with Crippen LogP contribution < -0.4 is 5.32 Å². The topological polar surface area (TPSA) is 195 Å². The van der Waals surface area contributed by atoms with Gasteiger partial charge in [-0.05, 0) is 25.7 Å². The normalized spacial score (nSPS) is 19.2. The number of aliphatic hydroxyl groups is 2. The predicted molar refractivity (Wildman–Crippen MR) is 263 cm³/mol. The quantitative estimate of drug-likeness (QED) is 0.0256. The molecule has 1 rings (SSSR count). The maximum atomic E-state index is 13.7. The standard InChI is InChI=1S/C52H99NO12S/c1-4-7-10-13-16-19-21-23-25-28-31-34-37-40-47(56)62-44(39-36-33-30-27-18-15-12-9-6-3)42-46(55)53-49-51(50(65-66(59,60)61)45(43-54)63-52(49)58)64-48(57)41-38-35-32-29-26-24-22-20-17-14-11-8-5-2/h44-45,49-52,54,58H,4-43H2,1-3H3,(H,53,55)(H,59,60,61)/t44-,45-,49-,50-,51-,52?/m1/s1. The highest BCUT2D eigenvalue weighted by atomic mass is 32.3. The number of unbranched alkanes of at least 4 members (excludes halogenated alkanes) is 32. The summed E-state index contributed by atoms with van der Waals surface area (Å²) >= 11 is 0. The van der Waals surface area contributed by atoms with E-state index in [4.69, 9.17) is 18.4 Å². The van der Waals surface area contributed by atoms with Crippen LogP contribution in [0.15, 0.2) is 0 Å². The third kappa shape index (κ3) is 34.4. The van der Waals surface area contributed by atoms with Gasteiger partial charge in [-0.15, -0.1) is 0 Å². The van der Waals surface area contributed by atoms with Crippen LogP contribution in [0, 0.1) is 0 Å². The molecule has 0 aromatic heterocycles. The van der Waals surface area contributed by atoms with Gasteiger partial charge in [0.25, 0.3) is 0 Å². The molecule has 1 aliphatic heterocycles. The lowest BCUT2D eigenvalue weighted by atomic mass is 9.96. The third-order valence-corrected chi connectivity index (χ3v) is 13.4. The van der Waals surface area contributed by atoms with Gasteiger partial charge in [0.15, 0.2) is 12.4 Å². The van der Waals surface area contributed by atoms with Gasteiger partial charge in [-0.2, -0.15) is 8.42 Å². The number of hydrogen-bond donors (Lipinski definition) is 4. The molecule has 1 saturated heterocycles. The first-order valence-electron chi connectivity index (χ1n) is 27.2. The molecule has 66 heavy (non-hydrogen) atoms. The van der Waals surface area contributed by atoms with Crippen molar-refractivity contribution in [2.24, 2.45) is 0 Å². The largest absolute Gasteiger partial charge is 0.462 e. The van der Waals surface area contributed by atoms with Gasteiger partial charge in [-0.1, -0.05) is 226 Å². The van der Waals surface area contributed by atoms with Crippen molar-refractivity contribution < 1.29 is 56.0 Å². The van der Waals surface area contributed by atoms with E-state index >= 15 is 0 Å². The summed E-state index contributed by atoms with van der Waals surface area (Å²) in [5, 5.41) is 23.7. The van der Waals surface area contributed by atoms with E-state index in [-0.39, 0.29) is 25.2 Å². The van der Waals surface area contributed by atoms with Crippen LogP contribution in [0.5, 0.6) is 0 Å². The van der Waals surface area contributed by atoms with Gasteiger partial charge in [0.2, 0.25) is 5.91 Å². The molecular formula is C52H99NO12S. The number of amides is 1. The number of nitrogens with one attached hydrogen (secondary N) is 1. The van der Waals surface area contributed by atoms with E-state index in [1.807, 2.05) is 0 Å². The molecule has 1 unspecified atom stereocenters. The summed E-state index contributed by atoms with van der Waals surface area (Å²) < 4.78 is 55.4. The van der Waals surface area contributed by atoms with Crippen molar-refractivity contribution in [2.45, 2.75) is 308 Å². The van der Waals surface area contributed by atoms with Crippen LogP contribution in [0.3, 0.4) is 0 Å². The van der Waals surface area contributed by atoms with Gasteiger partial charge in [0.05, 0.1) is 13.0 Å². The number of carbonyl (C=O) groups is 3. The van der Waals surface area contributed by atoms with Crippen molar-refractivity contribution in [3.05, 3.63) is 0 Å². The van der Waals surface area contributed by atoms with E-state index in [2.05, 4.69) is 26.1 Å². The minimum Gasteiger partial charge on any atom is -0.462 e. The summed E-state index contributed by atoms with van der Waals surface area (Å²) in [7, 11) is -5.16. The lowest BCUT2D eigenvalue weighted by molar-refractivity contribution is -0.254. The Bertz CT molecular complexity index is 1290. The second kappa shape index (κ2) is 42.1. The van der Waals surface area contributed by atoms with Crippen LogP contribution in [0.1, 0.15) is 271 Å². The van der Waals surface area contributed by atoms with Crippen LogP contribution in [0.25, 0.3) is 0 Å². The van der Waals surface area contributed by atoms with E-state index in [0.29, 0.717) is 19.3 Å². The summed E-state index contributed by atoms with van der Waals surface area (Å²) in [4.78, 5) is 40.0. The zero-order valence-electron chi connectivity index (χ0n) is 42.2. The van der Waals surface area contributed by atoms with Crippen molar-refractivity contribution in [1.82, 2.24) is 5.32 Å². The first kappa shape index (κ1) is 62.2. The smallest absolute Gasteiger partial charge is 0.397 e. The second-order valence-electron chi connectivity index (χ2n) is 19.2. The van der Waals surface area contributed by atoms with Gasteiger partial charge in [0, 0.05) is 12.8 Å². The van der Waals surface area contributed by atoms with Crippen molar-refractivity contribution in [2.75, 3.05) is 6.61 Å². The molecule has 0 bridgehead atoms. The summed E-state index contributed by atoms with van der Waals surface area (Å²) in [6.45, 7) is 5.82. The van der Waals surface area contributed by atoms with Gasteiger partial charge in [0.1, 0.15) is 24.4 Å². The maximum Gasteiger partial charge on any atom is 0.397 e. The third-order valence-electron chi connectivity index (χ3n) is 13.0. The monoisotopic (exact) mass is 962 g/mol. The Morgan fingerprint density at radius 2 is 0.909 bits per heavy atom. The minimum atomic E-state index is -5.16. The molecule has 0 aliphatic carbocycles. The fourth-order valence-electron chi connectivity index (χ4n) is 8.98. The fourth-order valence-corrected chi connectivity index (χ4v) is 9.50. The van der Waals surface area contributed by atoms with E-state index in [9.17, 15) is 37.6 Å². The number of esters is 2. The van der Waals surface area contributed by atoms with Crippen LogP contribution in [0.4, 0.5) is 0 Å². The Morgan fingerprint density at radius 3 is 1.29 bits per heavy atom. The molecule has 1 fully saturated rings. The molecule has 0 aromatic rings. The number of rotatable bonds is 46. The van der Waals surface area contributed by atoms with Crippen molar-refractivity contribution >= 4 is 28.2 Å². The number of carbonyl (C=O) groups excluding carboxylic acids is 3. The Hall–Kier alpha value is -1.84. The minimum absolute atomic E-state index is 0.00964. The van der Waals surface area contributed by atoms with Crippen LogP contribution in [-0.2, 0) is 43.2 Å². The number of aliphatic hydroxyl groups excluding tert-OH is 2. The van der Waals surface area contributed by atoms with Gasteiger partial charge in [-0.25, -0.2) is 4.18 Å². The van der Waals surface area contributed by atoms with Crippen LogP contribution in [0.2, 0.25) is 0 Å². The van der Waals surface area contributed by atoms with Crippen molar-refractivity contribution in [3.63, 3.8) is 0 Å². The molecule has 1 aliphatic rings. The van der Waals surface area contributed by atoms with Gasteiger partial charge >= 0.3 is 22.3 Å². The summed E-state index contributed by atoms with van der Waals surface area (Å²) in [6, 6.07) is -1.53. The maximum absolute atomic E-state index is 13.7. The molecule has 1 amide bonds. The average Bonchev–Trinajstić information content (AvgIpc) is 3.27. The molecule has 4 N–H and O–H groups in total. The molecule has 1 heterocycles. The molecule has 0 spiro atoms. The molecule has 13 nitrogen and oxygen atoms in total. The summed E-state index contributed by atoms with van der Waals surface area (Å²) in [5.74, 6) is -1.74. The van der Waals surface area contributed by atoms with Crippen molar-refractivity contribution in [1.29, 1.82) is 0 Å². The van der Waals surface area contributed by atoms with E-state index in [1.165, 1.54) is 141 Å². The first-order chi connectivity index (χ1) is 31.9. The SMILES string of the molecule is CCCCCCCCCCCCCCCC(=O)O[C@H](CCCCCCCCCCC)CC(=O)N[C@H]1C(O)O[C@H](CO)[C@@H](OS(=O)(=O)O)[C@@H]1OC(=O)CCCCCCCCCCCCCCC. The average molecular weight is 962 g/mol. The zero-order chi connectivity index (χ0) is 48.5. The van der Waals surface area contributed by atoms with E-state index in [1.54, 1.807) is 0 Å². The zero-order valence-corrected chi connectivity index (χ0v) is 43.0. The molecule has 0 aromatic carbocycles. The molecular weight excluding hydrogens is 863 g/mol. The van der Waals surface area contributed by atoms with Gasteiger partial charge < -0.3 is 29.7 Å². The molecule has 0 radical (unpaired) electrons. The molecule has 14 heteroatoms. The first-order valence-corrected chi connectivity index (χ1v) is 28.6. The van der Waals surface area contributed by atoms with E-state index in [0.717, 1.165) is 70.6 Å². The molecule has 0 saturated carbocycles. The van der Waals surface area contributed by atoms with Crippen LogP contribution in [-0.4, -0.2) is 84.4 Å².